The van der Waals surface area contributed by atoms with E-state index in [1.165, 1.54) is 13.3 Å². The molecule has 1 N–H and O–H groups in total. The zero-order valence-corrected chi connectivity index (χ0v) is 18.7. The molecule has 9 nitrogen and oxygen atoms in total. The van der Waals surface area contributed by atoms with Crippen LogP contribution in [0.25, 0.3) is 11.1 Å². The summed E-state index contributed by atoms with van der Waals surface area (Å²) in [5.41, 5.74) is 2.19. The number of carbonyl (C=O) groups is 1. The number of methoxy groups -OCH3 is 1. The lowest BCUT2D eigenvalue weighted by atomic mass is 9.99. The van der Waals surface area contributed by atoms with E-state index in [4.69, 9.17) is 25.8 Å². The smallest absolute Gasteiger partial charge is 0.296 e. The van der Waals surface area contributed by atoms with Crippen LogP contribution in [0.5, 0.6) is 10.9 Å². The van der Waals surface area contributed by atoms with Crippen molar-refractivity contribution in [3.05, 3.63) is 40.9 Å². The Labute approximate surface area is 187 Å². The topological polar surface area (TPSA) is 108 Å². The van der Waals surface area contributed by atoms with Crippen molar-refractivity contribution >= 4 is 34.0 Å². The Balaban J connectivity index is 1.60. The fourth-order valence-corrected chi connectivity index (χ4v) is 4.14. The van der Waals surface area contributed by atoms with Crippen LogP contribution in [0.15, 0.2) is 24.5 Å². The molecule has 1 aliphatic heterocycles. The van der Waals surface area contributed by atoms with Gasteiger partial charge in [-0.1, -0.05) is 16.7 Å². The zero-order chi connectivity index (χ0) is 22.0. The lowest BCUT2D eigenvalue weighted by Gasteiger charge is -2.15. The lowest BCUT2D eigenvalue weighted by molar-refractivity contribution is 0.0669. The summed E-state index contributed by atoms with van der Waals surface area (Å²) in [4.78, 5) is 21.4. The molecule has 162 valence electrons. The summed E-state index contributed by atoms with van der Waals surface area (Å²) >= 11 is 7.21. The van der Waals surface area contributed by atoms with Crippen molar-refractivity contribution in [1.29, 1.82) is 0 Å². The second-order valence-electron chi connectivity index (χ2n) is 6.88. The van der Waals surface area contributed by atoms with Crippen LogP contribution >= 0.6 is 22.9 Å². The molecule has 1 saturated heterocycles. The SMILES string of the molecule is COc1c(C)ncc(C(=O)Nc2nnc(OC3CCOC3C)s2)c1-c1ccnc(Cl)c1. The van der Waals surface area contributed by atoms with E-state index in [1.807, 2.05) is 6.92 Å². The average Bonchev–Trinajstić information content (AvgIpc) is 3.36. The number of nitrogens with one attached hydrogen (secondary N) is 1. The Morgan fingerprint density at radius 3 is 2.90 bits per heavy atom. The molecule has 0 bridgehead atoms. The monoisotopic (exact) mass is 461 g/mol. The summed E-state index contributed by atoms with van der Waals surface area (Å²) < 4.78 is 16.9. The van der Waals surface area contributed by atoms with E-state index in [9.17, 15) is 4.79 Å². The van der Waals surface area contributed by atoms with Crippen LogP contribution in [-0.2, 0) is 4.74 Å². The highest BCUT2D eigenvalue weighted by Crippen LogP contribution is 2.36. The Bertz CT molecular complexity index is 1110. The molecular formula is C20H20ClN5O4S. The average molecular weight is 462 g/mol. The van der Waals surface area contributed by atoms with Crippen molar-refractivity contribution in [2.45, 2.75) is 32.5 Å². The van der Waals surface area contributed by atoms with Gasteiger partial charge in [0.25, 0.3) is 11.1 Å². The van der Waals surface area contributed by atoms with Gasteiger partial charge in [-0.25, -0.2) is 4.98 Å². The molecule has 3 aromatic heterocycles. The second-order valence-corrected chi connectivity index (χ2v) is 8.21. The number of carbonyl (C=O) groups excluding carboxylic acids is 1. The molecule has 1 aliphatic rings. The molecule has 4 rings (SSSR count). The van der Waals surface area contributed by atoms with Crippen LogP contribution in [0.4, 0.5) is 5.13 Å². The summed E-state index contributed by atoms with van der Waals surface area (Å²) in [5, 5.41) is 11.8. The molecule has 0 spiro atoms. The number of nitrogens with zero attached hydrogens (tertiary/aromatic N) is 4. The molecule has 11 heteroatoms. The molecule has 0 aliphatic carbocycles. The van der Waals surface area contributed by atoms with Crippen molar-refractivity contribution in [2.24, 2.45) is 0 Å². The van der Waals surface area contributed by atoms with E-state index in [-0.39, 0.29) is 12.2 Å². The van der Waals surface area contributed by atoms with Crippen LogP contribution in [-0.4, -0.2) is 52.0 Å². The number of hydrogen-bond acceptors (Lipinski definition) is 9. The Hall–Kier alpha value is -2.82. The van der Waals surface area contributed by atoms with Gasteiger partial charge in [-0.3, -0.25) is 15.1 Å². The van der Waals surface area contributed by atoms with Crippen LogP contribution < -0.4 is 14.8 Å². The molecule has 2 atom stereocenters. The predicted molar refractivity (Wildman–Crippen MR) is 116 cm³/mol. The molecule has 3 aromatic rings. The third kappa shape index (κ3) is 4.60. The summed E-state index contributed by atoms with van der Waals surface area (Å²) in [6.45, 7) is 4.40. The van der Waals surface area contributed by atoms with Crippen LogP contribution in [0, 0.1) is 6.92 Å². The third-order valence-corrected chi connectivity index (χ3v) is 5.80. The first-order valence-electron chi connectivity index (χ1n) is 9.55. The summed E-state index contributed by atoms with van der Waals surface area (Å²) in [5.74, 6) is 0.0698. The van der Waals surface area contributed by atoms with Gasteiger partial charge < -0.3 is 14.2 Å². The van der Waals surface area contributed by atoms with Crippen molar-refractivity contribution in [3.63, 3.8) is 0 Å². The summed E-state index contributed by atoms with van der Waals surface area (Å²) in [6, 6.07) is 3.42. The van der Waals surface area contributed by atoms with Gasteiger partial charge in [-0.15, -0.1) is 5.10 Å². The maximum Gasteiger partial charge on any atom is 0.296 e. The number of hydrogen-bond donors (Lipinski definition) is 1. The minimum absolute atomic E-state index is 0.0113. The molecular weight excluding hydrogens is 442 g/mol. The highest BCUT2D eigenvalue weighted by Gasteiger charge is 2.27. The van der Waals surface area contributed by atoms with E-state index in [0.29, 0.717) is 50.2 Å². The predicted octanol–water partition coefficient (Wildman–Crippen LogP) is 3.77. The molecule has 4 heterocycles. The first-order valence-corrected chi connectivity index (χ1v) is 10.7. The number of ether oxygens (including phenoxy) is 3. The Morgan fingerprint density at radius 2 is 2.19 bits per heavy atom. The van der Waals surface area contributed by atoms with Crippen molar-refractivity contribution < 1.29 is 19.0 Å². The van der Waals surface area contributed by atoms with E-state index >= 15 is 0 Å². The van der Waals surface area contributed by atoms with Crippen molar-refractivity contribution in [2.75, 3.05) is 19.0 Å². The number of halogens is 1. The van der Waals surface area contributed by atoms with Crippen LogP contribution in [0.2, 0.25) is 5.15 Å². The molecule has 2 unspecified atom stereocenters. The molecule has 0 saturated carbocycles. The van der Waals surface area contributed by atoms with Gasteiger partial charge in [0.2, 0.25) is 5.13 Å². The molecule has 0 radical (unpaired) electrons. The van der Waals surface area contributed by atoms with Gasteiger partial charge in [-0.05, 0) is 42.9 Å². The maximum absolute atomic E-state index is 13.1. The van der Waals surface area contributed by atoms with Crippen molar-refractivity contribution in [3.8, 4) is 22.1 Å². The van der Waals surface area contributed by atoms with E-state index in [0.717, 1.165) is 17.8 Å². The van der Waals surface area contributed by atoms with E-state index < -0.39 is 5.91 Å². The highest BCUT2D eigenvalue weighted by atomic mass is 35.5. The first-order chi connectivity index (χ1) is 15.0. The van der Waals surface area contributed by atoms with Crippen LogP contribution in [0.3, 0.4) is 0 Å². The summed E-state index contributed by atoms with van der Waals surface area (Å²) in [6.07, 6.45) is 3.76. The minimum atomic E-state index is -0.408. The fourth-order valence-electron chi connectivity index (χ4n) is 3.32. The van der Waals surface area contributed by atoms with E-state index in [1.54, 1.807) is 25.3 Å². The fraction of sp³-hybridized carbons (Fsp3) is 0.350. The van der Waals surface area contributed by atoms with Crippen LogP contribution in [0.1, 0.15) is 29.4 Å². The molecule has 1 fully saturated rings. The van der Waals surface area contributed by atoms with E-state index in [2.05, 4.69) is 25.5 Å². The highest BCUT2D eigenvalue weighted by molar-refractivity contribution is 7.17. The van der Waals surface area contributed by atoms with Gasteiger partial charge in [0.1, 0.15) is 17.0 Å². The van der Waals surface area contributed by atoms with Gasteiger partial charge in [0.15, 0.2) is 0 Å². The number of rotatable bonds is 6. The van der Waals surface area contributed by atoms with Crippen molar-refractivity contribution in [1.82, 2.24) is 20.2 Å². The summed E-state index contributed by atoms with van der Waals surface area (Å²) in [7, 11) is 1.53. The van der Waals surface area contributed by atoms with Gasteiger partial charge in [0.05, 0.1) is 31.1 Å². The number of aryl methyl sites for hydroxylation is 1. The Kier molecular flexibility index (Phi) is 6.30. The lowest BCUT2D eigenvalue weighted by Crippen LogP contribution is -2.24. The largest absolute Gasteiger partial charge is 0.494 e. The number of anilines is 1. The zero-order valence-electron chi connectivity index (χ0n) is 17.1. The molecule has 31 heavy (non-hydrogen) atoms. The number of aromatic nitrogens is 4. The van der Waals surface area contributed by atoms with Gasteiger partial charge >= 0.3 is 0 Å². The third-order valence-electron chi connectivity index (χ3n) is 4.86. The number of amides is 1. The minimum Gasteiger partial charge on any atom is -0.494 e. The molecule has 1 amide bonds. The quantitative estimate of drug-likeness (QED) is 0.552. The number of pyridine rings is 2. The van der Waals surface area contributed by atoms with Gasteiger partial charge in [0, 0.05) is 24.4 Å². The molecule has 0 aromatic carbocycles. The normalized spacial score (nSPS) is 18.1. The second kappa shape index (κ2) is 9.13. The maximum atomic E-state index is 13.1. The Morgan fingerprint density at radius 1 is 1.35 bits per heavy atom. The van der Waals surface area contributed by atoms with Gasteiger partial charge in [-0.2, -0.15) is 0 Å². The standard InChI is InChI=1S/C20H20ClN5O4S/c1-10-17(28-3)16(12-4-6-22-15(21)8-12)13(9-23-10)18(27)24-19-25-26-20(31-19)30-14-5-7-29-11(14)2/h4,6,8-9,11,14H,5,7H2,1-3H3,(H,24,25,27). The first kappa shape index (κ1) is 21.4.